The van der Waals surface area contributed by atoms with E-state index in [0.717, 1.165) is 47.5 Å². The van der Waals surface area contributed by atoms with Crippen molar-refractivity contribution >= 4 is 17.5 Å². The van der Waals surface area contributed by atoms with E-state index in [0.29, 0.717) is 48.1 Å². The summed E-state index contributed by atoms with van der Waals surface area (Å²) in [6, 6.07) is 3.86. The van der Waals surface area contributed by atoms with Crippen molar-refractivity contribution in [2.45, 2.75) is 45.9 Å². The molecular weight excluding hydrogens is 506 g/mol. The van der Waals surface area contributed by atoms with E-state index in [-0.39, 0.29) is 24.1 Å². The zero-order valence-corrected chi connectivity index (χ0v) is 23.1. The van der Waals surface area contributed by atoms with Crippen molar-refractivity contribution in [1.29, 1.82) is 0 Å². The number of benzene rings is 1. The quantitative estimate of drug-likeness (QED) is 0.471. The number of halogens is 1. The Hall–Kier alpha value is -3.14. The number of aromatic amines is 1. The lowest BCUT2D eigenvalue weighted by atomic mass is 9.90. The summed E-state index contributed by atoms with van der Waals surface area (Å²) in [5.74, 6) is 0.265. The van der Waals surface area contributed by atoms with Gasteiger partial charge in [-0.1, -0.05) is 11.6 Å². The second-order valence-electron chi connectivity index (χ2n) is 10.4. The van der Waals surface area contributed by atoms with Crippen LogP contribution in [-0.4, -0.2) is 77.0 Å². The number of carbonyl (C=O) groups is 1. The molecule has 1 atom stereocenters. The van der Waals surface area contributed by atoms with Crippen molar-refractivity contribution in [2.75, 3.05) is 40.4 Å². The van der Waals surface area contributed by atoms with Crippen LogP contribution in [-0.2, 0) is 24.2 Å². The maximum atomic E-state index is 13.9. The number of nitrogens with one attached hydrogen (secondary N) is 1. The fourth-order valence-corrected chi connectivity index (χ4v) is 5.43. The smallest absolute Gasteiger partial charge is 0.256 e. The van der Waals surface area contributed by atoms with Crippen LogP contribution >= 0.6 is 11.6 Å². The minimum absolute atomic E-state index is 0.121. The van der Waals surface area contributed by atoms with Gasteiger partial charge in [-0.05, 0) is 63.2 Å². The van der Waals surface area contributed by atoms with Crippen LogP contribution in [0.4, 0.5) is 0 Å². The van der Waals surface area contributed by atoms with Gasteiger partial charge in [-0.2, -0.15) is 5.10 Å². The molecule has 3 aromatic rings. The van der Waals surface area contributed by atoms with Gasteiger partial charge < -0.3 is 24.3 Å². The monoisotopic (exact) mass is 539 g/mol. The standard InChI is InChI=1S/C28H34ClN5O4/c1-17-11-18(2)31-27(35)23(17)15-33-7-5-21-22(19-13-30-34(14-19)9-8-32(3)4)12-24(26(29)25(21)28(33)36)38-20-6-10-37-16-20/h11-14,20H,5-10,15-16H2,1-4H3,(H,31,35)/t20-/m1/s1. The SMILES string of the molecule is Cc1cc(C)c(CN2CCc3c(-c4cnn(CCN(C)C)c4)cc(O[C@@H]4CCOC4)c(Cl)c3C2=O)c(=O)[nH]1. The molecule has 0 bridgehead atoms. The average molecular weight is 540 g/mol. The third-order valence-corrected chi connectivity index (χ3v) is 7.59. The number of hydrogen-bond acceptors (Lipinski definition) is 6. The number of likely N-dealkylation sites (N-methyl/N-ethyl adjacent to an activating group) is 1. The molecule has 0 saturated carbocycles. The van der Waals surface area contributed by atoms with Crippen molar-refractivity contribution in [3.8, 4) is 16.9 Å². The highest BCUT2D eigenvalue weighted by atomic mass is 35.5. The minimum Gasteiger partial charge on any atom is -0.486 e. The molecule has 0 unspecified atom stereocenters. The van der Waals surface area contributed by atoms with Crippen LogP contribution in [0.3, 0.4) is 0 Å². The maximum Gasteiger partial charge on any atom is 0.256 e. The number of H-pyrrole nitrogens is 1. The lowest BCUT2D eigenvalue weighted by molar-refractivity contribution is 0.0725. The number of rotatable bonds is 8. The molecule has 38 heavy (non-hydrogen) atoms. The average Bonchev–Trinajstić information content (AvgIpc) is 3.55. The van der Waals surface area contributed by atoms with Gasteiger partial charge in [0.05, 0.1) is 43.1 Å². The number of amides is 1. The van der Waals surface area contributed by atoms with Crippen LogP contribution in [0, 0.1) is 13.8 Å². The summed E-state index contributed by atoms with van der Waals surface area (Å²) in [5, 5.41) is 4.85. The highest BCUT2D eigenvalue weighted by molar-refractivity contribution is 6.35. The molecule has 1 fully saturated rings. The topological polar surface area (TPSA) is 92.7 Å². The number of ether oxygens (including phenoxy) is 2. The van der Waals surface area contributed by atoms with E-state index >= 15 is 0 Å². The Morgan fingerprint density at radius 2 is 2.08 bits per heavy atom. The summed E-state index contributed by atoms with van der Waals surface area (Å²) >= 11 is 6.89. The molecule has 2 aliphatic heterocycles. The van der Waals surface area contributed by atoms with Crippen molar-refractivity contribution in [3.05, 3.63) is 67.9 Å². The molecule has 1 amide bonds. The van der Waals surface area contributed by atoms with Crippen LogP contribution < -0.4 is 10.3 Å². The molecule has 0 spiro atoms. The van der Waals surface area contributed by atoms with E-state index in [1.807, 2.05) is 57.2 Å². The molecule has 5 rings (SSSR count). The van der Waals surface area contributed by atoms with E-state index in [2.05, 4.69) is 15.0 Å². The summed E-state index contributed by atoms with van der Waals surface area (Å²) in [7, 11) is 4.05. The van der Waals surface area contributed by atoms with Gasteiger partial charge in [0, 0.05) is 42.5 Å². The van der Waals surface area contributed by atoms with Crippen LogP contribution in [0.25, 0.3) is 11.1 Å². The molecule has 1 aromatic carbocycles. The van der Waals surface area contributed by atoms with E-state index in [4.69, 9.17) is 21.1 Å². The summed E-state index contributed by atoms with van der Waals surface area (Å²) in [5.41, 5.74) is 5.20. The first-order valence-electron chi connectivity index (χ1n) is 13.0. The van der Waals surface area contributed by atoms with Crippen molar-refractivity contribution in [2.24, 2.45) is 0 Å². The molecule has 2 aromatic heterocycles. The first-order valence-corrected chi connectivity index (χ1v) is 13.3. The Balaban J connectivity index is 1.53. The van der Waals surface area contributed by atoms with Gasteiger partial charge >= 0.3 is 0 Å². The zero-order chi connectivity index (χ0) is 27.0. The molecule has 0 aliphatic carbocycles. The predicted octanol–water partition coefficient (Wildman–Crippen LogP) is 3.44. The molecular formula is C28H34ClN5O4. The van der Waals surface area contributed by atoms with Gasteiger partial charge in [-0.25, -0.2) is 0 Å². The van der Waals surface area contributed by atoms with Gasteiger partial charge in [0.25, 0.3) is 11.5 Å². The van der Waals surface area contributed by atoms with Crippen LogP contribution in [0.2, 0.25) is 5.02 Å². The van der Waals surface area contributed by atoms with Gasteiger partial charge in [0.2, 0.25) is 0 Å². The highest BCUT2D eigenvalue weighted by Gasteiger charge is 2.33. The van der Waals surface area contributed by atoms with Crippen molar-refractivity contribution < 1.29 is 14.3 Å². The Kier molecular flexibility index (Phi) is 7.61. The Bertz CT molecular complexity index is 1410. The fraction of sp³-hybridized carbons (Fsp3) is 0.464. The second kappa shape index (κ2) is 10.9. The largest absolute Gasteiger partial charge is 0.486 e. The molecule has 1 saturated heterocycles. The second-order valence-corrected chi connectivity index (χ2v) is 10.8. The Morgan fingerprint density at radius 3 is 2.79 bits per heavy atom. The van der Waals surface area contributed by atoms with Crippen molar-refractivity contribution in [3.63, 3.8) is 0 Å². The van der Waals surface area contributed by atoms with Gasteiger partial charge in [-0.15, -0.1) is 0 Å². The molecule has 1 N–H and O–H groups in total. The number of carbonyl (C=O) groups excluding carboxylic acids is 1. The van der Waals surface area contributed by atoms with Crippen LogP contribution in [0.1, 0.15) is 39.2 Å². The first-order chi connectivity index (χ1) is 18.2. The Morgan fingerprint density at radius 1 is 1.26 bits per heavy atom. The number of pyridine rings is 1. The molecule has 10 heteroatoms. The first kappa shape index (κ1) is 26.5. The third-order valence-electron chi connectivity index (χ3n) is 7.22. The lowest BCUT2D eigenvalue weighted by Crippen LogP contribution is -2.39. The molecule has 2 aliphatic rings. The number of fused-ring (bicyclic) bond motifs is 1. The van der Waals surface area contributed by atoms with E-state index < -0.39 is 0 Å². The van der Waals surface area contributed by atoms with Gasteiger partial charge in [0.1, 0.15) is 11.9 Å². The fourth-order valence-electron chi connectivity index (χ4n) is 5.14. The lowest BCUT2D eigenvalue weighted by Gasteiger charge is -2.31. The Labute approximate surface area is 227 Å². The van der Waals surface area contributed by atoms with Crippen LogP contribution in [0.15, 0.2) is 29.3 Å². The number of hydrogen-bond donors (Lipinski definition) is 1. The normalized spacial score (nSPS) is 17.4. The van der Waals surface area contributed by atoms with Crippen molar-refractivity contribution in [1.82, 2.24) is 24.6 Å². The van der Waals surface area contributed by atoms with E-state index in [1.165, 1.54) is 0 Å². The molecule has 202 valence electrons. The van der Waals surface area contributed by atoms with Gasteiger partial charge in [0.15, 0.2) is 0 Å². The van der Waals surface area contributed by atoms with Crippen LogP contribution in [0.5, 0.6) is 5.75 Å². The third kappa shape index (κ3) is 5.36. The molecule has 4 heterocycles. The molecule has 0 radical (unpaired) electrons. The number of nitrogens with zero attached hydrogens (tertiary/aromatic N) is 4. The highest BCUT2D eigenvalue weighted by Crippen LogP contribution is 2.41. The summed E-state index contributed by atoms with van der Waals surface area (Å²) in [6.45, 7) is 7.18. The minimum atomic E-state index is -0.204. The predicted molar refractivity (Wildman–Crippen MR) is 146 cm³/mol. The van der Waals surface area contributed by atoms with E-state index in [9.17, 15) is 9.59 Å². The number of aryl methyl sites for hydroxylation is 2. The maximum absolute atomic E-state index is 13.9. The summed E-state index contributed by atoms with van der Waals surface area (Å²) in [4.78, 5) is 33.2. The summed E-state index contributed by atoms with van der Waals surface area (Å²) in [6.07, 6.45) is 5.08. The summed E-state index contributed by atoms with van der Waals surface area (Å²) < 4.78 is 13.7. The zero-order valence-electron chi connectivity index (χ0n) is 22.3. The van der Waals surface area contributed by atoms with E-state index in [1.54, 1.807) is 4.90 Å². The number of aromatic nitrogens is 3. The van der Waals surface area contributed by atoms with Gasteiger partial charge in [-0.3, -0.25) is 14.3 Å². The molecule has 9 nitrogen and oxygen atoms in total.